The van der Waals surface area contributed by atoms with Crippen LogP contribution in [0.1, 0.15) is 68.5 Å². The number of aliphatic hydroxyl groups is 1. The van der Waals surface area contributed by atoms with Crippen molar-refractivity contribution in [2.24, 2.45) is 5.92 Å². The van der Waals surface area contributed by atoms with Gasteiger partial charge >= 0.3 is 5.97 Å². The van der Waals surface area contributed by atoms with Crippen molar-refractivity contribution in [1.82, 2.24) is 5.32 Å². The fourth-order valence-corrected chi connectivity index (χ4v) is 4.06. The summed E-state index contributed by atoms with van der Waals surface area (Å²) in [5.74, 6) is 1.07. The van der Waals surface area contributed by atoms with Crippen molar-refractivity contribution in [3.63, 3.8) is 0 Å². The lowest BCUT2D eigenvalue weighted by atomic mass is 9.87. The van der Waals surface area contributed by atoms with Crippen LogP contribution in [-0.2, 0) is 4.74 Å². The molecule has 2 N–H and O–H groups in total. The standard InChI is InChI=1S/C24H35NO5/c1-16(2)25-14-19(26)15-29-20-10-7-11-21-22(20)17(3)23(30-21)24(27)28-13-12-18-8-5-4-6-9-18/h7,10-11,16,18-19,25-26H,4-6,8-9,12-15H2,1-3H3. The molecule has 0 aliphatic heterocycles. The van der Waals surface area contributed by atoms with Gasteiger partial charge in [-0.2, -0.15) is 0 Å². The van der Waals surface area contributed by atoms with Gasteiger partial charge in [0.1, 0.15) is 24.0 Å². The topological polar surface area (TPSA) is 80.9 Å². The predicted molar refractivity (Wildman–Crippen MR) is 117 cm³/mol. The Kier molecular flexibility index (Phi) is 8.16. The van der Waals surface area contributed by atoms with Gasteiger partial charge in [0.25, 0.3) is 0 Å². The normalized spacial score (nSPS) is 16.2. The van der Waals surface area contributed by atoms with Gasteiger partial charge in [-0.25, -0.2) is 4.79 Å². The number of nitrogens with one attached hydrogen (secondary N) is 1. The van der Waals surface area contributed by atoms with Crippen molar-refractivity contribution >= 4 is 16.9 Å². The highest BCUT2D eigenvalue weighted by molar-refractivity contribution is 5.98. The number of hydrogen-bond donors (Lipinski definition) is 2. The second-order valence-corrected chi connectivity index (χ2v) is 8.64. The highest BCUT2D eigenvalue weighted by atomic mass is 16.5. The van der Waals surface area contributed by atoms with E-state index < -0.39 is 12.1 Å². The van der Waals surface area contributed by atoms with Crippen LogP contribution in [0, 0.1) is 12.8 Å². The van der Waals surface area contributed by atoms with E-state index in [1.54, 1.807) is 0 Å². The second-order valence-electron chi connectivity index (χ2n) is 8.64. The van der Waals surface area contributed by atoms with Gasteiger partial charge in [0.15, 0.2) is 0 Å². The minimum Gasteiger partial charge on any atom is -0.490 e. The molecule has 1 aliphatic carbocycles. The summed E-state index contributed by atoms with van der Waals surface area (Å²) >= 11 is 0. The number of benzene rings is 1. The van der Waals surface area contributed by atoms with E-state index in [2.05, 4.69) is 5.32 Å². The van der Waals surface area contributed by atoms with E-state index in [-0.39, 0.29) is 12.4 Å². The molecular weight excluding hydrogens is 382 g/mol. The van der Waals surface area contributed by atoms with E-state index in [0.29, 0.717) is 42.0 Å². The van der Waals surface area contributed by atoms with Gasteiger partial charge in [-0.15, -0.1) is 0 Å². The van der Waals surface area contributed by atoms with Crippen LogP contribution in [0.25, 0.3) is 11.0 Å². The highest BCUT2D eigenvalue weighted by Gasteiger charge is 2.22. The second kappa shape index (κ2) is 10.8. The van der Waals surface area contributed by atoms with Crippen molar-refractivity contribution < 1.29 is 23.8 Å². The summed E-state index contributed by atoms with van der Waals surface area (Å²) < 4.78 is 17.2. The Morgan fingerprint density at radius 3 is 2.77 bits per heavy atom. The summed E-state index contributed by atoms with van der Waals surface area (Å²) in [6, 6.07) is 5.75. The molecule has 1 fully saturated rings. The molecule has 0 amide bonds. The number of carbonyl (C=O) groups excluding carboxylic acids is 1. The maximum Gasteiger partial charge on any atom is 0.374 e. The van der Waals surface area contributed by atoms with Crippen LogP contribution in [-0.4, -0.2) is 43.0 Å². The van der Waals surface area contributed by atoms with E-state index in [1.165, 1.54) is 32.1 Å². The van der Waals surface area contributed by atoms with Crippen molar-refractivity contribution in [3.8, 4) is 5.75 Å². The molecule has 1 aromatic heterocycles. The van der Waals surface area contributed by atoms with Gasteiger partial charge in [-0.05, 0) is 31.4 Å². The molecule has 3 rings (SSSR count). The van der Waals surface area contributed by atoms with Crippen LogP contribution < -0.4 is 10.1 Å². The Morgan fingerprint density at radius 2 is 2.03 bits per heavy atom. The minimum atomic E-state index is -0.626. The zero-order valence-electron chi connectivity index (χ0n) is 18.4. The van der Waals surface area contributed by atoms with Crippen LogP contribution in [0.4, 0.5) is 0 Å². The number of esters is 1. The van der Waals surface area contributed by atoms with Crippen LogP contribution in [0.3, 0.4) is 0 Å². The van der Waals surface area contributed by atoms with E-state index in [0.717, 1.165) is 11.8 Å². The third-order valence-corrected chi connectivity index (χ3v) is 5.78. The van der Waals surface area contributed by atoms with Crippen LogP contribution in [0.5, 0.6) is 5.75 Å². The molecule has 166 valence electrons. The Labute approximate surface area is 178 Å². The number of aryl methyl sites for hydroxylation is 1. The summed E-state index contributed by atoms with van der Waals surface area (Å²) in [5.41, 5.74) is 1.29. The molecule has 1 aliphatic rings. The maximum atomic E-state index is 12.6. The van der Waals surface area contributed by atoms with Crippen LogP contribution in [0.2, 0.25) is 0 Å². The lowest BCUT2D eigenvalue weighted by molar-refractivity contribution is 0.0440. The lowest BCUT2D eigenvalue weighted by Crippen LogP contribution is -2.35. The van der Waals surface area contributed by atoms with Crippen molar-refractivity contribution in [2.75, 3.05) is 19.8 Å². The first kappa shape index (κ1) is 22.6. The smallest absolute Gasteiger partial charge is 0.374 e. The summed E-state index contributed by atoms with van der Waals surface area (Å²) in [7, 11) is 0. The van der Waals surface area contributed by atoms with Gasteiger partial charge in [-0.1, -0.05) is 52.0 Å². The average Bonchev–Trinajstić information content (AvgIpc) is 3.08. The zero-order valence-corrected chi connectivity index (χ0v) is 18.4. The molecule has 6 heteroatoms. The van der Waals surface area contributed by atoms with Gasteiger partial charge in [0.05, 0.1) is 12.0 Å². The molecule has 0 spiro atoms. The average molecular weight is 418 g/mol. The third-order valence-electron chi connectivity index (χ3n) is 5.78. The van der Waals surface area contributed by atoms with E-state index in [9.17, 15) is 9.90 Å². The van der Waals surface area contributed by atoms with Crippen LogP contribution in [0.15, 0.2) is 22.6 Å². The van der Waals surface area contributed by atoms with E-state index in [4.69, 9.17) is 13.9 Å². The Morgan fingerprint density at radius 1 is 1.27 bits per heavy atom. The Bertz CT molecular complexity index is 822. The molecule has 1 aromatic carbocycles. The van der Waals surface area contributed by atoms with E-state index >= 15 is 0 Å². The minimum absolute atomic E-state index is 0.157. The molecule has 0 radical (unpaired) electrons. The first-order valence-electron chi connectivity index (χ1n) is 11.2. The molecule has 30 heavy (non-hydrogen) atoms. The van der Waals surface area contributed by atoms with Gasteiger partial charge in [-0.3, -0.25) is 0 Å². The molecule has 2 aromatic rings. The molecule has 0 bridgehead atoms. The maximum absolute atomic E-state index is 12.6. The Hall–Kier alpha value is -2.05. The summed E-state index contributed by atoms with van der Waals surface area (Å²) in [4.78, 5) is 12.6. The number of hydrogen-bond acceptors (Lipinski definition) is 6. The summed E-state index contributed by atoms with van der Waals surface area (Å²) in [6.45, 7) is 6.94. The number of furan rings is 1. The SMILES string of the molecule is Cc1c(C(=O)OCCC2CCCCC2)oc2cccc(OCC(O)CNC(C)C)c12. The first-order chi connectivity index (χ1) is 14.5. The molecule has 0 saturated heterocycles. The van der Waals surface area contributed by atoms with Crippen LogP contribution >= 0.6 is 0 Å². The predicted octanol–water partition coefficient (Wildman–Crippen LogP) is 4.61. The zero-order chi connectivity index (χ0) is 21.5. The monoisotopic (exact) mass is 417 g/mol. The fourth-order valence-electron chi connectivity index (χ4n) is 4.06. The number of rotatable bonds is 10. The largest absolute Gasteiger partial charge is 0.490 e. The quantitative estimate of drug-likeness (QED) is 0.550. The van der Waals surface area contributed by atoms with Gasteiger partial charge in [0.2, 0.25) is 5.76 Å². The lowest BCUT2D eigenvalue weighted by Gasteiger charge is -2.20. The number of carbonyl (C=O) groups is 1. The van der Waals surface area contributed by atoms with Gasteiger partial charge in [0, 0.05) is 18.2 Å². The first-order valence-corrected chi connectivity index (χ1v) is 11.2. The molecule has 1 atom stereocenters. The number of aliphatic hydroxyl groups excluding tert-OH is 1. The van der Waals surface area contributed by atoms with Crippen molar-refractivity contribution in [1.29, 1.82) is 0 Å². The molecular formula is C24H35NO5. The molecule has 1 saturated carbocycles. The van der Waals surface area contributed by atoms with Crippen molar-refractivity contribution in [3.05, 3.63) is 29.5 Å². The van der Waals surface area contributed by atoms with Crippen molar-refractivity contribution in [2.45, 2.75) is 71.4 Å². The molecule has 1 unspecified atom stereocenters. The summed E-state index contributed by atoms with van der Waals surface area (Å²) in [5, 5.41) is 14.0. The van der Waals surface area contributed by atoms with E-state index in [1.807, 2.05) is 39.0 Å². The summed E-state index contributed by atoms with van der Waals surface area (Å²) in [6.07, 6.45) is 6.66. The Balaban J connectivity index is 1.61. The third kappa shape index (κ3) is 5.99. The van der Waals surface area contributed by atoms with Gasteiger partial charge < -0.3 is 24.3 Å². The highest BCUT2D eigenvalue weighted by Crippen LogP contribution is 2.34. The fraction of sp³-hybridized carbons (Fsp3) is 0.625. The molecule has 6 nitrogen and oxygen atoms in total. The number of fused-ring (bicyclic) bond motifs is 1. The molecule has 1 heterocycles. The number of ether oxygens (including phenoxy) is 2.